The van der Waals surface area contributed by atoms with Gasteiger partial charge in [0.15, 0.2) is 0 Å². The van der Waals surface area contributed by atoms with Gasteiger partial charge in [0.05, 0.1) is 0 Å². The molecule has 0 fully saturated rings. The van der Waals surface area contributed by atoms with Crippen LogP contribution in [0.3, 0.4) is 0 Å². The Morgan fingerprint density at radius 1 is 1.42 bits per heavy atom. The van der Waals surface area contributed by atoms with Crippen molar-refractivity contribution in [3.63, 3.8) is 0 Å². The molecule has 0 aromatic carbocycles. The molecule has 0 aliphatic carbocycles. The van der Waals surface area contributed by atoms with Crippen LogP contribution < -0.4 is 51.4 Å². The summed E-state index contributed by atoms with van der Waals surface area (Å²) in [7, 11) is -5.39. The molecular weight excluding hydrogens is 231 g/mol. The molecule has 0 rings (SSSR count). The van der Waals surface area contributed by atoms with Gasteiger partial charge < -0.3 is 5.95 Å². The van der Waals surface area contributed by atoms with Gasteiger partial charge in [0.25, 0.3) is 0 Å². The van der Waals surface area contributed by atoms with Crippen molar-refractivity contribution in [1.82, 2.24) is 0 Å². The maximum Gasteiger partial charge on any atom is 1.00 e. The Morgan fingerprint density at radius 3 is 1.83 bits per heavy atom. The van der Waals surface area contributed by atoms with Gasteiger partial charge in [-0.3, -0.25) is 9.79 Å². The van der Waals surface area contributed by atoms with Gasteiger partial charge in [-0.25, -0.2) is 9.36 Å². The fourth-order valence-corrected chi connectivity index (χ4v) is 0.479. The van der Waals surface area contributed by atoms with E-state index in [2.05, 4.69) is 4.52 Å². The van der Waals surface area contributed by atoms with E-state index in [4.69, 9.17) is 9.79 Å². The molecule has 0 atom stereocenters. The molecular formula is C2H3F3KO5P. The van der Waals surface area contributed by atoms with Gasteiger partial charge in [-0.1, -0.05) is 0 Å². The fourth-order valence-electron chi connectivity index (χ4n) is 0.160. The number of rotatable bonds is 1. The van der Waals surface area contributed by atoms with Crippen LogP contribution in [0.1, 0.15) is 1.43 Å². The monoisotopic (exact) mass is 234 g/mol. The van der Waals surface area contributed by atoms with Crippen LogP contribution in [0.5, 0.6) is 0 Å². The van der Waals surface area contributed by atoms with Crippen LogP contribution >= 0.6 is 7.82 Å². The average Bonchev–Trinajstić information content (AvgIpc) is 1.56. The SMILES string of the molecule is O=C(OP(=O)(O)O)C(F)(F)F.[H-].[K+]. The van der Waals surface area contributed by atoms with E-state index in [0.717, 1.165) is 0 Å². The van der Waals surface area contributed by atoms with E-state index in [1.54, 1.807) is 0 Å². The van der Waals surface area contributed by atoms with Crippen molar-refractivity contribution in [2.75, 3.05) is 0 Å². The number of carbonyl (C=O) groups is 1. The Labute approximate surface area is 108 Å². The van der Waals surface area contributed by atoms with Crippen molar-refractivity contribution < 1.29 is 89.7 Å². The molecule has 68 valence electrons. The molecule has 0 aliphatic rings. The van der Waals surface area contributed by atoms with E-state index in [-0.39, 0.29) is 52.8 Å². The van der Waals surface area contributed by atoms with Crippen LogP contribution in [0, 0.1) is 0 Å². The van der Waals surface area contributed by atoms with Crippen molar-refractivity contribution >= 4 is 13.8 Å². The summed E-state index contributed by atoms with van der Waals surface area (Å²) in [5.74, 6) is -2.91. The van der Waals surface area contributed by atoms with Crippen LogP contribution in [-0.4, -0.2) is 21.9 Å². The Morgan fingerprint density at radius 2 is 1.75 bits per heavy atom. The molecule has 0 amide bonds. The normalized spacial score (nSPS) is 11.8. The number of halogens is 3. The molecule has 5 nitrogen and oxygen atoms in total. The second-order valence-corrected chi connectivity index (χ2v) is 2.53. The van der Waals surface area contributed by atoms with Crippen LogP contribution in [-0.2, 0) is 13.9 Å². The smallest absolute Gasteiger partial charge is 1.00 e. The molecule has 12 heavy (non-hydrogen) atoms. The Balaban J connectivity index is -0.000000500. The van der Waals surface area contributed by atoms with E-state index >= 15 is 0 Å². The molecule has 0 bridgehead atoms. The Kier molecular flexibility index (Phi) is 6.54. The first-order chi connectivity index (χ1) is 4.63. The number of hydrogen-bond donors (Lipinski definition) is 2. The van der Waals surface area contributed by atoms with Crippen molar-refractivity contribution in [1.29, 1.82) is 0 Å². The molecule has 0 aromatic heterocycles. The summed E-state index contributed by atoms with van der Waals surface area (Å²) in [6, 6.07) is 0. The van der Waals surface area contributed by atoms with Crippen LogP contribution in [0.4, 0.5) is 13.2 Å². The van der Waals surface area contributed by atoms with Crippen LogP contribution in [0.25, 0.3) is 0 Å². The zero-order valence-electron chi connectivity index (χ0n) is 6.70. The first-order valence-electron chi connectivity index (χ1n) is 1.99. The molecule has 0 radical (unpaired) electrons. The van der Waals surface area contributed by atoms with Crippen molar-refractivity contribution in [2.45, 2.75) is 6.18 Å². The van der Waals surface area contributed by atoms with E-state index in [1.165, 1.54) is 0 Å². The van der Waals surface area contributed by atoms with Crippen molar-refractivity contribution in [3.8, 4) is 0 Å². The predicted molar refractivity (Wildman–Crippen MR) is 25.3 cm³/mol. The number of hydrogen-bond acceptors (Lipinski definition) is 3. The van der Waals surface area contributed by atoms with Crippen LogP contribution in [0.15, 0.2) is 0 Å². The first-order valence-corrected chi connectivity index (χ1v) is 3.52. The molecule has 0 aliphatic heterocycles. The maximum atomic E-state index is 11.2. The number of carbonyl (C=O) groups excluding carboxylic acids is 1. The molecule has 0 heterocycles. The maximum absolute atomic E-state index is 11.2. The van der Waals surface area contributed by atoms with Gasteiger partial charge in [0, 0.05) is 0 Å². The Hall–Kier alpha value is 1.05. The predicted octanol–water partition coefficient (Wildman–Crippen LogP) is -2.70. The quantitative estimate of drug-likeness (QED) is 0.381. The fraction of sp³-hybridized carbons (Fsp3) is 0.500. The van der Waals surface area contributed by atoms with Gasteiger partial charge in [0.2, 0.25) is 0 Å². The molecule has 0 aromatic rings. The summed E-state index contributed by atoms with van der Waals surface area (Å²) in [5.41, 5.74) is 0. The third-order valence-electron chi connectivity index (χ3n) is 0.433. The number of phosphoric acid groups is 1. The van der Waals surface area contributed by atoms with Gasteiger partial charge in [-0.2, -0.15) is 13.2 Å². The molecule has 0 saturated heterocycles. The second kappa shape index (κ2) is 5.06. The minimum absolute atomic E-state index is 0. The molecule has 0 unspecified atom stereocenters. The van der Waals surface area contributed by atoms with E-state index in [1.807, 2.05) is 0 Å². The van der Waals surface area contributed by atoms with Crippen molar-refractivity contribution in [3.05, 3.63) is 0 Å². The van der Waals surface area contributed by atoms with E-state index in [9.17, 15) is 22.5 Å². The molecule has 0 spiro atoms. The number of alkyl halides is 3. The first kappa shape index (κ1) is 15.5. The zero-order chi connectivity index (χ0) is 9.28. The summed E-state index contributed by atoms with van der Waals surface area (Å²) in [4.78, 5) is 25.1. The van der Waals surface area contributed by atoms with Gasteiger partial charge in [0.1, 0.15) is 0 Å². The summed E-state index contributed by atoms with van der Waals surface area (Å²) < 4.78 is 45.8. The molecule has 0 saturated carbocycles. The average molecular weight is 234 g/mol. The number of phosphoric ester groups is 1. The van der Waals surface area contributed by atoms with E-state index < -0.39 is 20.0 Å². The van der Waals surface area contributed by atoms with Crippen LogP contribution in [0.2, 0.25) is 0 Å². The molecule has 10 heteroatoms. The summed E-state index contributed by atoms with van der Waals surface area (Å²) in [6.45, 7) is 0. The minimum atomic E-state index is -5.39. The zero-order valence-corrected chi connectivity index (χ0v) is 9.72. The van der Waals surface area contributed by atoms with Gasteiger partial charge >= 0.3 is 71.4 Å². The topological polar surface area (TPSA) is 83.8 Å². The third-order valence-corrected chi connectivity index (χ3v) is 0.837. The second-order valence-electron chi connectivity index (χ2n) is 1.37. The molecule has 2 N–H and O–H groups in total. The van der Waals surface area contributed by atoms with E-state index in [0.29, 0.717) is 0 Å². The summed E-state index contributed by atoms with van der Waals surface area (Å²) >= 11 is 0. The Bertz CT molecular complexity index is 212. The van der Waals surface area contributed by atoms with Crippen molar-refractivity contribution in [2.24, 2.45) is 0 Å². The largest absolute Gasteiger partial charge is 1.00 e. The van der Waals surface area contributed by atoms with Gasteiger partial charge in [-0.05, 0) is 0 Å². The standard InChI is InChI=1S/C2H2F3O5P.K.H/c3-2(4,5)1(6)10-11(7,8)9;;/h(H2,7,8,9);;/q;+1;-1. The van der Waals surface area contributed by atoms with Gasteiger partial charge in [-0.15, -0.1) is 0 Å². The summed E-state index contributed by atoms with van der Waals surface area (Å²) in [6.07, 6.45) is -5.39. The summed E-state index contributed by atoms with van der Waals surface area (Å²) in [5, 5.41) is 0. The minimum Gasteiger partial charge on any atom is -1.00 e. The third kappa shape index (κ3) is 7.68.